The molecule has 1 aliphatic rings. The molecule has 0 aliphatic carbocycles. The van der Waals surface area contributed by atoms with Crippen LogP contribution < -0.4 is 0 Å². The van der Waals surface area contributed by atoms with Crippen LogP contribution in [0.3, 0.4) is 0 Å². The van der Waals surface area contributed by atoms with Crippen molar-refractivity contribution in [2.24, 2.45) is 0 Å². The van der Waals surface area contributed by atoms with Crippen LogP contribution in [0.25, 0.3) is 0 Å². The predicted octanol–water partition coefficient (Wildman–Crippen LogP) is 4.02. The van der Waals surface area contributed by atoms with Gasteiger partial charge in [-0.1, -0.05) is 51.1 Å². The fourth-order valence-corrected chi connectivity index (χ4v) is 4.51. The van der Waals surface area contributed by atoms with Gasteiger partial charge in [0.05, 0.1) is 19.3 Å². The monoisotopic (exact) mass is 409 g/mol. The Morgan fingerprint density at radius 2 is 1.89 bits per heavy atom. The number of ether oxygens (including phenoxy) is 2. The van der Waals surface area contributed by atoms with Gasteiger partial charge < -0.3 is 19.0 Å². The SMILES string of the molecule is COC1N(Cc2ccccc2)C(CO[Si](C)(C)C(C)(C)C)COC1(C)CCO. The molecule has 1 fully saturated rings. The Hall–Kier alpha value is -0.763. The molecule has 1 aromatic rings. The second-order valence-corrected chi connectivity index (χ2v) is 14.4. The van der Waals surface area contributed by atoms with Crippen molar-refractivity contribution in [3.63, 3.8) is 0 Å². The van der Waals surface area contributed by atoms with Gasteiger partial charge in [0.1, 0.15) is 11.8 Å². The first-order valence-corrected chi connectivity index (χ1v) is 13.2. The Labute approximate surface area is 172 Å². The summed E-state index contributed by atoms with van der Waals surface area (Å²) >= 11 is 0. The summed E-state index contributed by atoms with van der Waals surface area (Å²) in [6.07, 6.45) is 0.286. The van der Waals surface area contributed by atoms with E-state index in [1.54, 1.807) is 7.11 Å². The van der Waals surface area contributed by atoms with E-state index in [2.05, 4.69) is 63.0 Å². The fraction of sp³-hybridized carbons (Fsp3) is 0.727. The zero-order valence-electron chi connectivity index (χ0n) is 18.7. The molecule has 0 radical (unpaired) electrons. The Morgan fingerprint density at radius 3 is 2.43 bits per heavy atom. The Balaban J connectivity index is 2.24. The van der Waals surface area contributed by atoms with Crippen LogP contribution in [0.2, 0.25) is 18.1 Å². The third-order valence-corrected chi connectivity index (χ3v) is 10.9. The maximum absolute atomic E-state index is 9.57. The van der Waals surface area contributed by atoms with E-state index in [9.17, 15) is 5.11 Å². The second-order valence-electron chi connectivity index (χ2n) is 9.57. The van der Waals surface area contributed by atoms with Gasteiger partial charge in [0.15, 0.2) is 8.32 Å². The highest BCUT2D eigenvalue weighted by Crippen LogP contribution is 2.38. The summed E-state index contributed by atoms with van der Waals surface area (Å²) in [5.41, 5.74) is 0.682. The van der Waals surface area contributed by atoms with Crippen LogP contribution in [0, 0.1) is 0 Å². The quantitative estimate of drug-likeness (QED) is 0.657. The molecule has 1 aromatic carbocycles. The van der Waals surface area contributed by atoms with Crippen LogP contribution in [-0.2, 0) is 20.4 Å². The highest BCUT2D eigenvalue weighted by atomic mass is 28.4. The van der Waals surface area contributed by atoms with E-state index in [-0.39, 0.29) is 23.9 Å². The van der Waals surface area contributed by atoms with Gasteiger partial charge in [-0.3, -0.25) is 4.90 Å². The maximum Gasteiger partial charge on any atom is 0.192 e. The van der Waals surface area contributed by atoms with Crippen molar-refractivity contribution in [1.29, 1.82) is 0 Å². The number of methoxy groups -OCH3 is 1. The van der Waals surface area contributed by atoms with E-state index in [1.807, 2.05) is 13.0 Å². The average Bonchev–Trinajstić information content (AvgIpc) is 2.61. The summed E-state index contributed by atoms with van der Waals surface area (Å²) in [5.74, 6) is 0. The molecular formula is C22H39NO4Si. The summed E-state index contributed by atoms with van der Waals surface area (Å²) < 4.78 is 18.7. The van der Waals surface area contributed by atoms with Crippen LogP contribution in [0.4, 0.5) is 0 Å². The molecule has 6 heteroatoms. The normalized spacial score (nSPS) is 27.1. The van der Waals surface area contributed by atoms with E-state index in [1.165, 1.54) is 5.56 Å². The lowest BCUT2D eigenvalue weighted by Gasteiger charge is -2.51. The highest BCUT2D eigenvalue weighted by molar-refractivity contribution is 6.74. The van der Waals surface area contributed by atoms with Gasteiger partial charge in [-0.15, -0.1) is 0 Å². The van der Waals surface area contributed by atoms with Crippen LogP contribution >= 0.6 is 0 Å². The van der Waals surface area contributed by atoms with E-state index < -0.39 is 13.9 Å². The number of hydrogen-bond acceptors (Lipinski definition) is 5. The summed E-state index contributed by atoms with van der Waals surface area (Å²) in [4.78, 5) is 2.35. The molecule has 1 heterocycles. The van der Waals surface area contributed by atoms with E-state index in [0.29, 0.717) is 19.6 Å². The van der Waals surface area contributed by atoms with Crippen molar-refractivity contribution >= 4 is 8.32 Å². The Bertz CT molecular complexity index is 604. The van der Waals surface area contributed by atoms with Crippen molar-refractivity contribution in [1.82, 2.24) is 4.90 Å². The predicted molar refractivity (Wildman–Crippen MR) is 116 cm³/mol. The van der Waals surface area contributed by atoms with Gasteiger partial charge in [0, 0.05) is 26.7 Å². The molecule has 1 saturated heterocycles. The molecule has 5 nitrogen and oxygen atoms in total. The minimum absolute atomic E-state index is 0.0701. The molecule has 0 saturated carbocycles. The number of benzene rings is 1. The summed E-state index contributed by atoms with van der Waals surface area (Å²) in [5, 5.41) is 9.73. The largest absolute Gasteiger partial charge is 0.415 e. The summed E-state index contributed by atoms with van der Waals surface area (Å²) in [7, 11) is -0.136. The van der Waals surface area contributed by atoms with Gasteiger partial charge in [-0.25, -0.2) is 0 Å². The molecule has 3 atom stereocenters. The Morgan fingerprint density at radius 1 is 1.25 bits per heavy atom. The van der Waals surface area contributed by atoms with Crippen molar-refractivity contribution < 1.29 is 19.0 Å². The molecule has 2 rings (SSSR count). The number of nitrogens with zero attached hydrogens (tertiary/aromatic N) is 1. The van der Waals surface area contributed by atoms with Gasteiger partial charge in [-0.05, 0) is 30.6 Å². The standard InChI is InChI=1S/C22H39NO4Si/c1-21(2,3)28(6,7)27-17-19-16-26-22(4,13-14-24)20(25-5)23(19)15-18-11-9-8-10-12-18/h8-12,19-20,24H,13-17H2,1-7H3. The van der Waals surface area contributed by atoms with Crippen LogP contribution in [0.1, 0.15) is 39.7 Å². The number of aliphatic hydroxyl groups is 1. The third kappa shape index (κ3) is 5.43. The number of aliphatic hydroxyl groups excluding tert-OH is 1. The number of rotatable bonds is 8. The molecule has 28 heavy (non-hydrogen) atoms. The van der Waals surface area contributed by atoms with Crippen LogP contribution in [0.15, 0.2) is 30.3 Å². The lowest BCUT2D eigenvalue weighted by molar-refractivity contribution is -0.251. The zero-order chi connectivity index (χ0) is 21.0. The third-order valence-electron chi connectivity index (χ3n) is 6.38. The van der Waals surface area contributed by atoms with Crippen molar-refractivity contribution in [2.45, 2.75) is 76.7 Å². The zero-order valence-corrected chi connectivity index (χ0v) is 19.7. The van der Waals surface area contributed by atoms with Crippen LogP contribution in [-0.4, -0.2) is 63.1 Å². The first kappa shape index (κ1) is 23.5. The van der Waals surface area contributed by atoms with Gasteiger partial charge in [0.2, 0.25) is 0 Å². The van der Waals surface area contributed by atoms with E-state index in [0.717, 1.165) is 6.54 Å². The molecule has 160 valence electrons. The molecule has 0 spiro atoms. The number of morpholine rings is 1. The first-order chi connectivity index (χ1) is 13.0. The average molecular weight is 410 g/mol. The lowest BCUT2D eigenvalue weighted by Crippen LogP contribution is -2.64. The molecule has 0 bridgehead atoms. The second kappa shape index (κ2) is 9.37. The number of hydrogen-bond donors (Lipinski definition) is 1. The molecule has 1 N–H and O–H groups in total. The lowest BCUT2D eigenvalue weighted by atomic mass is 9.95. The highest BCUT2D eigenvalue weighted by Gasteiger charge is 2.47. The molecule has 3 unspecified atom stereocenters. The molecule has 0 amide bonds. The summed E-state index contributed by atoms with van der Waals surface area (Å²) in [6, 6.07) is 10.5. The van der Waals surface area contributed by atoms with Crippen molar-refractivity contribution in [2.75, 3.05) is 26.9 Å². The molecular weight excluding hydrogens is 370 g/mol. The molecule has 1 aliphatic heterocycles. The minimum Gasteiger partial charge on any atom is -0.415 e. The van der Waals surface area contributed by atoms with Crippen molar-refractivity contribution in [3.05, 3.63) is 35.9 Å². The van der Waals surface area contributed by atoms with Crippen molar-refractivity contribution in [3.8, 4) is 0 Å². The van der Waals surface area contributed by atoms with Gasteiger partial charge >= 0.3 is 0 Å². The van der Waals surface area contributed by atoms with Gasteiger partial charge in [0.25, 0.3) is 0 Å². The maximum atomic E-state index is 9.57. The van der Waals surface area contributed by atoms with Gasteiger partial charge in [-0.2, -0.15) is 0 Å². The minimum atomic E-state index is -1.86. The van der Waals surface area contributed by atoms with E-state index >= 15 is 0 Å². The summed E-state index contributed by atoms with van der Waals surface area (Å²) in [6.45, 7) is 15.4. The van der Waals surface area contributed by atoms with Crippen LogP contribution in [0.5, 0.6) is 0 Å². The first-order valence-electron chi connectivity index (χ1n) is 10.3. The topological polar surface area (TPSA) is 51.2 Å². The van der Waals surface area contributed by atoms with E-state index in [4.69, 9.17) is 13.9 Å². The smallest absolute Gasteiger partial charge is 0.192 e. The molecule has 0 aromatic heterocycles. The Kier molecular flexibility index (Phi) is 7.87. The fourth-order valence-electron chi connectivity index (χ4n) is 3.47.